The normalized spacial score (nSPS) is 34.5. The zero-order valence-corrected chi connectivity index (χ0v) is 9.31. The summed E-state index contributed by atoms with van der Waals surface area (Å²) >= 11 is 5.54. The molecule has 1 aliphatic carbocycles. The average Bonchev–Trinajstić information content (AvgIpc) is 2.04. The fourth-order valence-corrected chi connectivity index (χ4v) is 2.84. The van der Waals surface area contributed by atoms with Crippen molar-refractivity contribution < 1.29 is 4.79 Å². The fourth-order valence-electron chi connectivity index (χ4n) is 2.52. The van der Waals surface area contributed by atoms with Gasteiger partial charge in [-0.1, -0.05) is 26.7 Å². The highest BCUT2D eigenvalue weighted by molar-refractivity contribution is 6.64. The van der Waals surface area contributed by atoms with Gasteiger partial charge in [-0.2, -0.15) is 0 Å². The third kappa shape index (κ3) is 2.98. The molecule has 0 radical (unpaired) electrons. The molecule has 1 nitrogen and oxygen atoms in total. The van der Waals surface area contributed by atoms with E-state index in [0.29, 0.717) is 5.92 Å². The minimum atomic E-state index is -0.123. The van der Waals surface area contributed by atoms with Gasteiger partial charge in [0.05, 0.1) is 0 Å². The Morgan fingerprint density at radius 1 is 1.46 bits per heavy atom. The van der Waals surface area contributed by atoms with E-state index in [4.69, 9.17) is 11.6 Å². The topological polar surface area (TPSA) is 17.1 Å². The molecule has 0 saturated heterocycles. The molecule has 0 unspecified atom stereocenters. The molecule has 0 bridgehead atoms. The molecule has 2 heteroatoms. The summed E-state index contributed by atoms with van der Waals surface area (Å²) in [5.74, 6) is 1.47. The first-order chi connectivity index (χ1) is 6.15. The quantitative estimate of drug-likeness (QED) is 0.640. The third-order valence-electron chi connectivity index (χ3n) is 3.27. The molecule has 3 atom stereocenters. The van der Waals surface area contributed by atoms with Crippen molar-refractivity contribution in [3.63, 3.8) is 0 Å². The second-order valence-electron chi connectivity index (χ2n) is 4.36. The Kier molecular flexibility index (Phi) is 4.24. The monoisotopic (exact) mass is 202 g/mol. The van der Waals surface area contributed by atoms with Crippen LogP contribution < -0.4 is 0 Å². The van der Waals surface area contributed by atoms with E-state index in [9.17, 15) is 4.79 Å². The predicted molar refractivity (Wildman–Crippen MR) is 55.8 cm³/mol. The van der Waals surface area contributed by atoms with Crippen LogP contribution in [0.2, 0.25) is 0 Å². The molecule has 1 aliphatic rings. The van der Waals surface area contributed by atoms with E-state index in [2.05, 4.69) is 13.8 Å². The van der Waals surface area contributed by atoms with Gasteiger partial charge in [-0.05, 0) is 42.7 Å². The number of hydrogen-bond acceptors (Lipinski definition) is 1. The highest BCUT2D eigenvalue weighted by Crippen LogP contribution is 2.36. The van der Waals surface area contributed by atoms with Crippen LogP contribution in [0.3, 0.4) is 0 Å². The zero-order valence-electron chi connectivity index (χ0n) is 8.55. The largest absolute Gasteiger partial charge is 0.281 e. The summed E-state index contributed by atoms with van der Waals surface area (Å²) in [5, 5.41) is -0.123. The van der Waals surface area contributed by atoms with Crippen molar-refractivity contribution in [3.05, 3.63) is 0 Å². The van der Waals surface area contributed by atoms with Gasteiger partial charge >= 0.3 is 0 Å². The molecule has 13 heavy (non-hydrogen) atoms. The number of rotatable bonds is 3. The van der Waals surface area contributed by atoms with Crippen LogP contribution in [0.4, 0.5) is 0 Å². The first-order valence-corrected chi connectivity index (χ1v) is 5.72. The number of carbonyl (C=O) groups is 1. The van der Waals surface area contributed by atoms with Gasteiger partial charge in [0.25, 0.3) is 0 Å². The molecule has 76 valence electrons. The Morgan fingerprint density at radius 3 is 2.62 bits per heavy atom. The average molecular weight is 203 g/mol. The maximum absolute atomic E-state index is 11.0. The van der Waals surface area contributed by atoms with Gasteiger partial charge in [-0.15, -0.1) is 0 Å². The van der Waals surface area contributed by atoms with Gasteiger partial charge in [-0.25, -0.2) is 0 Å². The second-order valence-corrected chi connectivity index (χ2v) is 4.73. The molecule has 0 aliphatic heterocycles. The van der Waals surface area contributed by atoms with Crippen molar-refractivity contribution >= 4 is 16.8 Å². The molecule has 0 heterocycles. The Bertz CT molecular complexity index is 179. The van der Waals surface area contributed by atoms with Crippen molar-refractivity contribution in [3.8, 4) is 0 Å². The maximum atomic E-state index is 11.0. The number of carbonyl (C=O) groups excluding carboxylic acids is 1. The molecule has 1 rings (SSSR count). The lowest BCUT2D eigenvalue weighted by molar-refractivity contribution is -0.117. The zero-order chi connectivity index (χ0) is 9.84. The van der Waals surface area contributed by atoms with E-state index in [-0.39, 0.29) is 11.2 Å². The van der Waals surface area contributed by atoms with E-state index in [1.807, 2.05) is 0 Å². The molecule has 0 spiro atoms. The first-order valence-electron chi connectivity index (χ1n) is 5.34. The standard InChI is InChI=1S/C11H19ClO/c1-3-4-9-5-6-10(11(12)13)8(2)7-9/h8-10H,3-7H2,1-2H3/t8-,9+,10+/m0/s1. The van der Waals surface area contributed by atoms with Crippen molar-refractivity contribution in [2.75, 3.05) is 0 Å². The van der Waals surface area contributed by atoms with Crippen LogP contribution in [0.1, 0.15) is 46.0 Å². The fraction of sp³-hybridized carbons (Fsp3) is 0.909. The molecule has 0 aromatic rings. The van der Waals surface area contributed by atoms with Crippen molar-refractivity contribution in [1.29, 1.82) is 0 Å². The SMILES string of the molecule is CCC[C@@H]1CC[C@@H](C(=O)Cl)[C@@H](C)C1. The van der Waals surface area contributed by atoms with Crippen LogP contribution in [-0.4, -0.2) is 5.24 Å². The van der Waals surface area contributed by atoms with E-state index < -0.39 is 0 Å². The molecular weight excluding hydrogens is 184 g/mol. The Balaban J connectivity index is 2.42. The summed E-state index contributed by atoms with van der Waals surface area (Å²) in [4.78, 5) is 11.0. The smallest absolute Gasteiger partial charge is 0.224 e. The summed E-state index contributed by atoms with van der Waals surface area (Å²) < 4.78 is 0. The highest BCUT2D eigenvalue weighted by Gasteiger charge is 2.30. The van der Waals surface area contributed by atoms with Gasteiger partial charge in [0, 0.05) is 5.92 Å². The lowest BCUT2D eigenvalue weighted by Crippen LogP contribution is -2.26. The van der Waals surface area contributed by atoms with Gasteiger partial charge in [0.1, 0.15) is 0 Å². The number of halogens is 1. The van der Waals surface area contributed by atoms with Gasteiger partial charge in [0.2, 0.25) is 5.24 Å². The minimum Gasteiger partial charge on any atom is -0.281 e. The second kappa shape index (κ2) is 4.99. The van der Waals surface area contributed by atoms with Crippen LogP contribution in [0.5, 0.6) is 0 Å². The van der Waals surface area contributed by atoms with Crippen LogP contribution in [0, 0.1) is 17.8 Å². The molecule has 0 aromatic carbocycles. The van der Waals surface area contributed by atoms with Gasteiger partial charge in [-0.3, -0.25) is 4.79 Å². The summed E-state index contributed by atoms with van der Waals surface area (Å²) in [6.45, 7) is 4.39. The minimum absolute atomic E-state index is 0.123. The van der Waals surface area contributed by atoms with Crippen LogP contribution in [-0.2, 0) is 4.79 Å². The maximum Gasteiger partial charge on any atom is 0.224 e. The highest BCUT2D eigenvalue weighted by atomic mass is 35.5. The van der Waals surface area contributed by atoms with E-state index in [1.165, 1.54) is 25.7 Å². The lowest BCUT2D eigenvalue weighted by atomic mass is 9.74. The molecule has 1 fully saturated rings. The Hall–Kier alpha value is -0.0400. The third-order valence-corrected chi connectivity index (χ3v) is 3.55. The van der Waals surface area contributed by atoms with Crippen LogP contribution >= 0.6 is 11.6 Å². The van der Waals surface area contributed by atoms with E-state index >= 15 is 0 Å². The van der Waals surface area contributed by atoms with Crippen LogP contribution in [0.15, 0.2) is 0 Å². The lowest BCUT2D eigenvalue weighted by Gasteiger charge is -2.31. The van der Waals surface area contributed by atoms with Gasteiger partial charge in [0.15, 0.2) is 0 Å². The van der Waals surface area contributed by atoms with Crippen molar-refractivity contribution in [2.45, 2.75) is 46.0 Å². The summed E-state index contributed by atoms with van der Waals surface area (Å²) in [6, 6.07) is 0. The first kappa shape index (κ1) is 11.0. The Morgan fingerprint density at radius 2 is 2.15 bits per heavy atom. The summed E-state index contributed by atoms with van der Waals surface area (Å²) in [6.07, 6.45) is 5.97. The molecular formula is C11H19ClO. The Labute approximate surface area is 85.8 Å². The van der Waals surface area contributed by atoms with Crippen molar-refractivity contribution in [1.82, 2.24) is 0 Å². The van der Waals surface area contributed by atoms with E-state index in [0.717, 1.165) is 12.3 Å². The molecule has 0 aromatic heterocycles. The predicted octanol–water partition coefficient (Wildman–Crippen LogP) is 3.60. The van der Waals surface area contributed by atoms with Gasteiger partial charge < -0.3 is 0 Å². The van der Waals surface area contributed by atoms with Crippen molar-refractivity contribution in [2.24, 2.45) is 17.8 Å². The summed E-state index contributed by atoms with van der Waals surface area (Å²) in [5.41, 5.74) is 0. The van der Waals surface area contributed by atoms with E-state index in [1.54, 1.807) is 0 Å². The summed E-state index contributed by atoms with van der Waals surface area (Å²) in [7, 11) is 0. The number of hydrogen-bond donors (Lipinski definition) is 0. The molecule has 1 saturated carbocycles. The van der Waals surface area contributed by atoms with Crippen LogP contribution in [0.25, 0.3) is 0 Å². The molecule has 0 amide bonds. The molecule has 0 N–H and O–H groups in total.